The van der Waals surface area contributed by atoms with Crippen molar-refractivity contribution in [1.29, 1.82) is 0 Å². The van der Waals surface area contributed by atoms with Crippen LogP contribution in [0, 0.1) is 6.92 Å². The fraction of sp³-hybridized carbons (Fsp3) is 0.583. The number of β-amino-alcohol motifs (C(OH)–C–C–N with tert-alkyl or cyclic N) is 1. The van der Waals surface area contributed by atoms with Crippen LogP contribution in [0.3, 0.4) is 0 Å². The second-order valence-electron chi connectivity index (χ2n) is 4.74. The van der Waals surface area contributed by atoms with Crippen LogP contribution in [0.2, 0.25) is 0 Å². The Labute approximate surface area is 99.7 Å². The normalized spacial score (nSPS) is 25.8. The first-order valence-corrected chi connectivity index (χ1v) is 6.38. The third kappa shape index (κ3) is 2.44. The highest BCUT2D eigenvalue weighted by molar-refractivity contribution is 7.13. The number of aryl methyl sites for hydroxylation is 1. The molecule has 0 radical (unpaired) electrons. The number of piperidine rings is 1. The Bertz CT molecular complexity index is 397. The zero-order valence-corrected chi connectivity index (χ0v) is 10.5. The molecule has 0 aliphatic carbocycles. The van der Waals surface area contributed by atoms with Crippen LogP contribution in [0.1, 0.15) is 34.3 Å². The van der Waals surface area contributed by atoms with Crippen LogP contribution in [-0.2, 0) is 0 Å². The maximum absolute atomic E-state index is 12.1. The predicted molar refractivity (Wildman–Crippen MR) is 64.8 cm³/mol. The van der Waals surface area contributed by atoms with Gasteiger partial charge in [0.25, 0.3) is 5.91 Å². The Kier molecular flexibility index (Phi) is 3.04. The molecule has 0 aromatic carbocycles. The molecule has 1 aliphatic heterocycles. The summed E-state index contributed by atoms with van der Waals surface area (Å²) in [5.74, 6) is 0.0538. The molecule has 1 aliphatic rings. The summed E-state index contributed by atoms with van der Waals surface area (Å²) < 4.78 is 0. The lowest BCUT2D eigenvalue weighted by Crippen LogP contribution is -2.48. The van der Waals surface area contributed by atoms with Crippen molar-refractivity contribution in [3.63, 3.8) is 0 Å². The van der Waals surface area contributed by atoms with Gasteiger partial charge >= 0.3 is 0 Å². The van der Waals surface area contributed by atoms with Gasteiger partial charge in [0.2, 0.25) is 0 Å². The van der Waals surface area contributed by atoms with E-state index in [1.54, 1.807) is 11.8 Å². The summed E-state index contributed by atoms with van der Waals surface area (Å²) in [4.78, 5) is 15.8. The van der Waals surface area contributed by atoms with Crippen LogP contribution >= 0.6 is 11.3 Å². The number of aliphatic hydroxyl groups is 1. The molecular formula is C12H17NO2S. The van der Waals surface area contributed by atoms with Crippen molar-refractivity contribution < 1.29 is 9.90 Å². The molecule has 0 spiro atoms. The van der Waals surface area contributed by atoms with Gasteiger partial charge in [-0.2, -0.15) is 0 Å². The number of thiophene rings is 1. The number of hydrogen-bond donors (Lipinski definition) is 1. The smallest absolute Gasteiger partial charge is 0.264 e. The zero-order chi connectivity index (χ0) is 11.8. The summed E-state index contributed by atoms with van der Waals surface area (Å²) in [5.41, 5.74) is -0.722. The minimum absolute atomic E-state index is 0.0538. The second-order valence-corrected chi connectivity index (χ2v) is 6.03. The van der Waals surface area contributed by atoms with Gasteiger partial charge in [-0.25, -0.2) is 0 Å². The quantitative estimate of drug-likeness (QED) is 0.814. The van der Waals surface area contributed by atoms with Crippen molar-refractivity contribution >= 4 is 17.2 Å². The van der Waals surface area contributed by atoms with Gasteiger partial charge in [0.1, 0.15) is 0 Å². The number of likely N-dealkylation sites (tertiary alicyclic amines) is 1. The van der Waals surface area contributed by atoms with Gasteiger partial charge < -0.3 is 10.0 Å². The molecule has 1 atom stereocenters. The van der Waals surface area contributed by atoms with Crippen molar-refractivity contribution in [3.05, 3.63) is 21.9 Å². The molecule has 1 fully saturated rings. The average molecular weight is 239 g/mol. The Morgan fingerprint density at radius 2 is 2.31 bits per heavy atom. The molecule has 1 unspecified atom stereocenters. The third-order valence-corrected chi connectivity index (χ3v) is 3.90. The van der Waals surface area contributed by atoms with Crippen LogP contribution in [-0.4, -0.2) is 34.6 Å². The molecule has 1 N–H and O–H groups in total. The maximum atomic E-state index is 12.1. The van der Waals surface area contributed by atoms with E-state index >= 15 is 0 Å². The molecule has 2 heterocycles. The number of hydrogen-bond acceptors (Lipinski definition) is 3. The van der Waals surface area contributed by atoms with Crippen LogP contribution in [0.5, 0.6) is 0 Å². The number of carbonyl (C=O) groups is 1. The molecule has 3 nitrogen and oxygen atoms in total. The average Bonchev–Trinajstić information content (AvgIpc) is 2.62. The SMILES string of the molecule is Cc1ccc(C(=O)N2CCCC(C)(O)C2)s1. The van der Waals surface area contributed by atoms with Crippen molar-refractivity contribution in [2.45, 2.75) is 32.3 Å². The first-order chi connectivity index (χ1) is 7.48. The second kappa shape index (κ2) is 4.18. The summed E-state index contributed by atoms with van der Waals surface area (Å²) in [7, 11) is 0. The maximum Gasteiger partial charge on any atom is 0.264 e. The molecule has 4 heteroatoms. The summed E-state index contributed by atoms with van der Waals surface area (Å²) in [6, 6.07) is 3.83. The van der Waals surface area contributed by atoms with Crippen LogP contribution < -0.4 is 0 Å². The Hall–Kier alpha value is -0.870. The topological polar surface area (TPSA) is 40.5 Å². The van der Waals surface area contributed by atoms with E-state index in [0.29, 0.717) is 6.54 Å². The molecule has 0 bridgehead atoms. The van der Waals surface area contributed by atoms with Gasteiger partial charge in [0, 0.05) is 18.0 Å². The van der Waals surface area contributed by atoms with E-state index in [0.717, 1.165) is 29.1 Å². The standard InChI is InChI=1S/C12H17NO2S/c1-9-4-5-10(16-9)11(14)13-7-3-6-12(2,15)8-13/h4-5,15H,3,6-8H2,1-2H3. The van der Waals surface area contributed by atoms with E-state index in [9.17, 15) is 9.90 Å². The molecule has 88 valence electrons. The lowest BCUT2D eigenvalue weighted by molar-refractivity contribution is -0.0105. The van der Waals surface area contributed by atoms with Gasteiger partial charge in [-0.1, -0.05) is 0 Å². The number of rotatable bonds is 1. The highest BCUT2D eigenvalue weighted by Crippen LogP contribution is 2.24. The number of nitrogens with zero attached hydrogens (tertiary/aromatic N) is 1. The predicted octanol–water partition coefficient (Wildman–Crippen LogP) is 2.04. The molecule has 1 amide bonds. The Morgan fingerprint density at radius 1 is 1.56 bits per heavy atom. The van der Waals surface area contributed by atoms with Crippen LogP contribution in [0.15, 0.2) is 12.1 Å². The van der Waals surface area contributed by atoms with Crippen LogP contribution in [0.4, 0.5) is 0 Å². The minimum atomic E-state index is -0.722. The zero-order valence-electron chi connectivity index (χ0n) is 9.69. The summed E-state index contributed by atoms with van der Waals surface area (Å²) >= 11 is 1.52. The van der Waals surface area contributed by atoms with Gasteiger partial charge in [-0.3, -0.25) is 4.79 Å². The first kappa shape index (κ1) is 11.6. The monoisotopic (exact) mass is 239 g/mol. The Morgan fingerprint density at radius 3 is 2.88 bits per heavy atom. The van der Waals surface area contributed by atoms with E-state index in [1.165, 1.54) is 11.3 Å². The van der Waals surface area contributed by atoms with Gasteiger partial charge in [0.05, 0.1) is 10.5 Å². The minimum Gasteiger partial charge on any atom is -0.388 e. The third-order valence-electron chi connectivity index (χ3n) is 2.91. The fourth-order valence-electron chi connectivity index (χ4n) is 2.10. The molecular weight excluding hydrogens is 222 g/mol. The van der Waals surface area contributed by atoms with E-state index < -0.39 is 5.60 Å². The molecule has 2 rings (SSSR count). The largest absolute Gasteiger partial charge is 0.388 e. The number of carbonyl (C=O) groups excluding carboxylic acids is 1. The van der Waals surface area contributed by atoms with Gasteiger partial charge in [0.15, 0.2) is 0 Å². The lowest BCUT2D eigenvalue weighted by Gasteiger charge is -2.36. The van der Waals surface area contributed by atoms with Crippen molar-refractivity contribution in [1.82, 2.24) is 4.90 Å². The van der Waals surface area contributed by atoms with Crippen molar-refractivity contribution in [2.24, 2.45) is 0 Å². The number of amides is 1. The van der Waals surface area contributed by atoms with Gasteiger partial charge in [-0.15, -0.1) is 11.3 Å². The molecule has 16 heavy (non-hydrogen) atoms. The van der Waals surface area contributed by atoms with E-state index in [1.807, 2.05) is 19.1 Å². The van der Waals surface area contributed by atoms with E-state index in [4.69, 9.17) is 0 Å². The molecule has 0 saturated carbocycles. The van der Waals surface area contributed by atoms with E-state index in [-0.39, 0.29) is 5.91 Å². The molecule has 1 saturated heterocycles. The first-order valence-electron chi connectivity index (χ1n) is 5.56. The van der Waals surface area contributed by atoms with Crippen molar-refractivity contribution in [3.8, 4) is 0 Å². The summed E-state index contributed by atoms with van der Waals surface area (Å²) in [6.07, 6.45) is 1.66. The summed E-state index contributed by atoms with van der Waals surface area (Å²) in [6.45, 7) is 4.99. The highest BCUT2D eigenvalue weighted by Gasteiger charge is 2.31. The summed E-state index contributed by atoms with van der Waals surface area (Å²) in [5, 5.41) is 9.96. The van der Waals surface area contributed by atoms with Gasteiger partial charge in [-0.05, 0) is 38.8 Å². The van der Waals surface area contributed by atoms with E-state index in [2.05, 4.69) is 0 Å². The Balaban J connectivity index is 2.10. The lowest BCUT2D eigenvalue weighted by atomic mass is 9.95. The highest BCUT2D eigenvalue weighted by atomic mass is 32.1. The van der Waals surface area contributed by atoms with Crippen LogP contribution in [0.25, 0.3) is 0 Å². The fourth-order valence-corrected chi connectivity index (χ4v) is 2.93. The van der Waals surface area contributed by atoms with Crippen molar-refractivity contribution in [2.75, 3.05) is 13.1 Å². The molecule has 1 aromatic rings. The molecule has 1 aromatic heterocycles.